The molecule has 2 aromatic rings. The van der Waals surface area contributed by atoms with Gasteiger partial charge in [0.15, 0.2) is 0 Å². The summed E-state index contributed by atoms with van der Waals surface area (Å²) in [5.41, 5.74) is 4.59. The average molecular weight is 425 g/mol. The Labute approximate surface area is 186 Å². The highest BCUT2D eigenvalue weighted by Gasteiger charge is 2.07. The molecular weight excluding hydrogens is 388 g/mol. The van der Waals surface area contributed by atoms with E-state index in [1.807, 2.05) is 25.1 Å². The highest BCUT2D eigenvalue weighted by molar-refractivity contribution is 5.96. The normalized spacial score (nSPS) is 10.7. The van der Waals surface area contributed by atoms with E-state index >= 15 is 0 Å². The topological polar surface area (TPSA) is 73.5 Å². The second kappa shape index (κ2) is 12.7. The number of nitrogens with one attached hydrogen (secondary N) is 3. The Kier molecular flexibility index (Phi) is 10.0. The first-order chi connectivity index (χ1) is 14.9. The third kappa shape index (κ3) is 8.42. The van der Waals surface area contributed by atoms with Gasteiger partial charge in [-0.25, -0.2) is 0 Å². The predicted molar refractivity (Wildman–Crippen MR) is 129 cm³/mol. The molecule has 2 amide bonds. The maximum Gasteiger partial charge on any atom is 0.251 e. The molecule has 6 nitrogen and oxygen atoms in total. The second-order valence-corrected chi connectivity index (χ2v) is 7.77. The number of nitrogens with zero attached hydrogens (tertiary/aromatic N) is 1. The van der Waals surface area contributed by atoms with Crippen LogP contribution in [0.3, 0.4) is 0 Å². The monoisotopic (exact) mass is 424 g/mol. The van der Waals surface area contributed by atoms with E-state index in [9.17, 15) is 9.59 Å². The Morgan fingerprint density at radius 3 is 2.19 bits per heavy atom. The lowest BCUT2D eigenvalue weighted by molar-refractivity contribution is -0.114. The molecule has 0 spiro atoms. The van der Waals surface area contributed by atoms with Crippen molar-refractivity contribution in [2.75, 3.05) is 43.4 Å². The van der Waals surface area contributed by atoms with E-state index in [1.54, 1.807) is 24.3 Å². The lowest BCUT2D eigenvalue weighted by Crippen LogP contribution is -2.27. The van der Waals surface area contributed by atoms with Crippen molar-refractivity contribution in [3.8, 4) is 0 Å². The smallest absolute Gasteiger partial charge is 0.251 e. The molecule has 0 atom stereocenters. The number of carbonyl (C=O) groups is 2. The number of hydrogen-bond acceptors (Lipinski definition) is 4. The van der Waals surface area contributed by atoms with E-state index < -0.39 is 0 Å². The number of amides is 2. The van der Waals surface area contributed by atoms with Crippen LogP contribution in [0, 0.1) is 13.8 Å². The Morgan fingerprint density at radius 2 is 1.55 bits per heavy atom. The molecule has 0 fully saturated rings. The van der Waals surface area contributed by atoms with E-state index in [4.69, 9.17) is 0 Å². The molecule has 0 saturated carbocycles. The summed E-state index contributed by atoms with van der Waals surface area (Å²) >= 11 is 0. The zero-order valence-electron chi connectivity index (χ0n) is 19.3. The average Bonchev–Trinajstić information content (AvgIpc) is 2.77. The molecule has 0 heterocycles. The van der Waals surface area contributed by atoms with Gasteiger partial charge in [0.05, 0.1) is 6.54 Å². The fourth-order valence-corrected chi connectivity index (χ4v) is 3.25. The minimum Gasteiger partial charge on any atom is -0.376 e. The molecular formula is C25H36N4O2. The van der Waals surface area contributed by atoms with Gasteiger partial charge in [-0.3, -0.25) is 9.59 Å². The summed E-state index contributed by atoms with van der Waals surface area (Å²) in [6.45, 7) is 12.5. The Hall–Kier alpha value is -2.86. The number of rotatable bonds is 12. The molecule has 0 aromatic heterocycles. The SMILES string of the molecule is CCN(CC)CCCCNC(=O)c1ccc(NC(=O)CNc2ccc(C)c(C)c2)cc1. The molecule has 0 aliphatic heterocycles. The molecule has 2 aromatic carbocycles. The van der Waals surface area contributed by atoms with Crippen molar-refractivity contribution in [2.24, 2.45) is 0 Å². The standard InChI is InChI=1S/C25H36N4O2/c1-5-29(6-2)16-8-7-15-26-25(31)21-10-13-22(14-11-21)28-24(30)18-27-23-12-9-19(3)20(4)17-23/h9-14,17,27H,5-8,15-16,18H2,1-4H3,(H,26,31)(H,28,30). The van der Waals surface area contributed by atoms with Crippen molar-refractivity contribution in [2.45, 2.75) is 40.5 Å². The number of unbranched alkanes of at least 4 members (excludes halogenated alkanes) is 1. The highest BCUT2D eigenvalue weighted by atomic mass is 16.2. The zero-order chi connectivity index (χ0) is 22.6. The Morgan fingerprint density at radius 1 is 0.871 bits per heavy atom. The molecule has 168 valence electrons. The fourth-order valence-electron chi connectivity index (χ4n) is 3.25. The van der Waals surface area contributed by atoms with Crippen LogP contribution in [0.1, 0.15) is 48.2 Å². The lowest BCUT2D eigenvalue weighted by atomic mass is 10.1. The summed E-state index contributed by atoms with van der Waals surface area (Å²) in [7, 11) is 0. The summed E-state index contributed by atoms with van der Waals surface area (Å²) in [6, 6.07) is 13.0. The molecule has 6 heteroatoms. The Bertz CT molecular complexity index is 845. The second-order valence-electron chi connectivity index (χ2n) is 7.77. The summed E-state index contributed by atoms with van der Waals surface area (Å²) in [5.74, 6) is -0.222. The van der Waals surface area contributed by atoms with Gasteiger partial charge in [0.1, 0.15) is 0 Å². The summed E-state index contributed by atoms with van der Waals surface area (Å²) in [4.78, 5) is 26.9. The van der Waals surface area contributed by atoms with E-state index in [1.165, 1.54) is 11.1 Å². The third-order valence-corrected chi connectivity index (χ3v) is 5.47. The first kappa shape index (κ1) is 24.4. The largest absolute Gasteiger partial charge is 0.376 e. The number of anilines is 2. The van der Waals surface area contributed by atoms with Gasteiger partial charge in [-0.15, -0.1) is 0 Å². The van der Waals surface area contributed by atoms with Gasteiger partial charge in [-0.1, -0.05) is 19.9 Å². The maximum atomic E-state index is 12.3. The van der Waals surface area contributed by atoms with Crippen molar-refractivity contribution < 1.29 is 9.59 Å². The minimum atomic E-state index is -0.136. The van der Waals surface area contributed by atoms with Crippen molar-refractivity contribution in [3.63, 3.8) is 0 Å². The summed E-state index contributed by atoms with van der Waals surface area (Å²) in [5, 5.41) is 8.94. The van der Waals surface area contributed by atoms with Crippen LogP contribution in [-0.4, -0.2) is 49.4 Å². The van der Waals surface area contributed by atoms with Crippen molar-refractivity contribution in [3.05, 3.63) is 59.2 Å². The van der Waals surface area contributed by atoms with Gasteiger partial charge < -0.3 is 20.9 Å². The van der Waals surface area contributed by atoms with Crippen LogP contribution in [0.4, 0.5) is 11.4 Å². The molecule has 0 radical (unpaired) electrons. The van der Waals surface area contributed by atoms with Crippen molar-refractivity contribution in [1.82, 2.24) is 10.2 Å². The molecule has 3 N–H and O–H groups in total. The van der Waals surface area contributed by atoms with Gasteiger partial charge >= 0.3 is 0 Å². The van der Waals surface area contributed by atoms with Gasteiger partial charge in [-0.05, 0) is 93.8 Å². The number of carbonyl (C=O) groups excluding carboxylic acids is 2. The quantitative estimate of drug-likeness (QED) is 0.446. The van der Waals surface area contributed by atoms with Crippen LogP contribution in [0.25, 0.3) is 0 Å². The van der Waals surface area contributed by atoms with Crippen molar-refractivity contribution in [1.29, 1.82) is 0 Å². The molecule has 0 saturated heterocycles. The summed E-state index contributed by atoms with van der Waals surface area (Å²) < 4.78 is 0. The van der Waals surface area contributed by atoms with Crippen LogP contribution >= 0.6 is 0 Å². The van der Waals surface area contributed by atoms with Gasteiger partial charge in [0.2, 0.25) is 5.91 Å². The van der Waals surface area contributed by atoms with Crippen LogP contribution in [-0.2, 0) is 4.79 Å². The first-order valence-electron chi connectivity index (χ1n) is 11.1. The minimum absolute atomic E-state index is 0.0860. The molecule has 0 unspecified atom stereocenters. The zero-order valence-corrected chi connectivity index (χ0v) is 19.3. The lowest BCUT2D eigenvalue weighted by Gasteiger charge is -2.17. The fraction of sp³-hybridized carbons (Fsp3) is 0.440. The van der Waals surface area contributed by atoms with Gasteiger partial charge in [0, 0.05) is 23.5 Å². The van der Waals surface area contributed by atoms with Crippen LogP contribution < -0.4 is 16.0 Å². The predicted octanol–water partition coefficient (Wildman–Crippen LogP) is 4.21. The first-order valence-corrected chi connectivity index (χ1v) is 11.1. The number of aryl methyl sites for hydroxylation is 2. The van der Waals surface area contributed by atoms with Crippen LogP contribution in [0.5, 0.6) is 0 Å². The highest BCUT2D eigenvalue weighted by Crippen LogP contribution is 2.14. The number of hydrogen-bond donors (Lipinski definition) is 3. The van der Waals surface area contributed by atoms with E-state index in [-0.39, 0.29) is 18.4 Å². The molecule has 0 bridgehead atoms. The maximum absolute atomic E-state index is 12.3. The van der Waals surface area contributed by atoms with Gasteiger partial charge in [0.25, 0.3) is 5.91 Å². The third-order valence-electron chi connectivity index (χ3n) is 5.47. The van der Waals surface area contributed by atoms with Crippen molar-refractivity contribution >= 4 is 23.2 Å². The van der Waals surface area contributed by atoms with E-state index in [0.717, 1.165) is 38.2 Å². The molecule has 0 aliphatic rings. The van der Waals surface area contributed by atoms with Crippen LogP contribution in [0.2, 0.25) is 0 Å². The number of benzene rings is 2. The Balaban J connectivity index is 1.72. The van der Waals surface area contributed by atoms with Crippen LogP contribution in [0.15, 0.2) is 42.5 Å². The molecule has 0 aliphatic carbocycles. The molecule has 31 heavy (non-hydrogen) atoms. The van der Waals surface area contributed by atoms with E-state index in [2.05, 4.69) is 41.6 Å². The summed E-state index contributed by atoms with van der Waals surface area (Å²) in [6.07, 6.45) is 2.03. The molecule has 2 rings (SSSR count). The van der Waals surface area contributed by atoms with Gasteiger partial charge in [-0.2, -0.15) is 0 Å². The van der Waals surface area contributed by atoms with E-state index in [0.29, 0.717) is 17.8 Å².